The number of rotatable bonds is 9. The van der Waals surface area contributed by atoms with Crippen LogP contribution in [0, 0.1) is 5.82 Å². The van der Waals surface area contributed by atoms with Crippen molar-refractivity contribution in [3.63, 3.8) is 0 Å². The molecule has 0 aliphatic carbocycles. The van der Waals surface area contributed by atoms with E-state index in [2.05, 4.69) is 15.6 Å². The van der Waals surface area contributed by atoms with E-state index in [4.69, 9.17) is 16.6 Å². The summed E-state index contributed by atoms with van der Waals surface area (Å²) in [6.07, 6.45) is -2.88. The van der Waals surface area contributed by atoms with Crippen LogP contribution in [0.15, 0.2) is 175 Å². The van der Waals surface area contributed by atoms with E-state index in [0.717, 1.165) is 22.8 Å². The molecule has 0 saturated carbocycles. The van der Waals surface area contributed by atoms with Crippen molar-refractivity contribution in [3.8, 4) is 0 Å². The zero-order chi connectivity index (χ0) is 41.1. The monoisotopic (exact) mass is 812 g/mol. The van der Waals surface area contributed by atoms with Gasteiger partial charge in [0.15, 0.2) is 0 Å². The zero-order valence-corrected chi connectivity index (χ0v) is 31.7. The van der Waals surface area contributed by atoms with Gasteiger partial charge in [-0.25, -0.2) is 19.2 Å². The third kappa shape index (κ3) is 7.58. The molecule has 1 aliphatic heterocycles. The fourth-order valence-electron chi connectivity index (χ4n) is 7.44. The molecule has 0 radical (unpaired) electrons. The number of nitrogens with zero attached hydrogens (tertiary/aromatic N) is 4. The SMILES string of the molecule is O=C(Nc1ccc(Cl)c(C(F)(F)F)c1)N[C@@H]1N=C(c2ccccc2F)c2ccccc2N(Cc2cn(C(c3ccccc3)(c3ccccc3)c3ccccc3)cn2)C1=O. The Morgan fingerprint density at radius 3 is 1.88 bits per heavy atom. The number of halogens is 5. The van der Waals surface area contributed by atoms with Gasteiger partial charge < -0.3 is 20.1 Å². The standard InChI is InChI=1S/C46H33ClF4N6O2/c47-38-25-24-33(26-37(38)46(49,50)51)53-44(59)55-42-43(58)57(40-23-13-11-21-36(40)41(54-42)35-20-10-12-22-39(35)48)28-34-27-56(29-52-34)45(30-14-4-1-5-15-30,31-16-6-2-7-17-31)32-18-8-3-9-19-32/h1-27,29,42H,28H2,(H2,53,55,59)/t42-/m0/s1. The molecule has 0 fully saturated rings. The summed E-state index contributed by atoms with van der Waals surface area (Å²) in [4.78, 5) is 39.1. The molecule has 59 heavy (non-hydrogen) atoms. The number of benzodiazepines with no additional fused rings is 1. The van der Waals surface area contributed by atoms with Gasteiger partial charge in [-0.15, -0.1) is 0 Å². The highest BCUT2D eigenvalue weighted by molar-refractivity contribution is 6.31. The predicted octanol–water partition coefficient (Wildman–Crippen LogP) is 10.1. The van der Waals surface area contributed by atoms with Crippen LogP contribution in [0.1, 0.15) is 39.1 Å². The Balaban J connectivity index is 1.21. The molecule has 6 aromatic carbocycles. The maximum absolute atomic E-state index is 15.5. The molecule has 2 N–H and O–H groups in total. The average molecular weight is 813 g/mol. The molecule has 8 rings (SSSR count). The highest BCUT2D eigenvalue weighted by atomic mass is 35.5. The van der Waals surface area contributed by atoms with Crippen LogP contribution in [0.2, 0.25) is 5.02 Å². The van der Waals surface area contributed by atoms with E-state index in [9.17, 15) is 22.8 Å². The second-order valence-corrected chi connectivity index (χ2v) is 14.1. The zero-order valence-electron chi connectivity index (χ0n) is 30.9. The van der Waals surface area contributed by atoms with E-state index >= 15 is 4.39 Å². The summed E-state index contributed by atoms with van der Waals surface area (Å²) in [5.74, 6) is -1.33. The summed E-state index contributed by atoms with van der Waals surface area (Å²) in [6, 6.07) is 44.5. The number of aromatic nitrogens is 2. The van der Waals surface area contributed by atoms with E-state index < -0.39 is 46.2 Å². The highest BCUT2D eigenvalue weighted by Crippen LogP contribution is 2.41. The third-order valence-electron chi connectivity index (χ3n) is 10.1. The fraction of sp³-hybridized carbons (Fsp3) is 0.0870. The lowest BCUT2D eigenvalue weighted by atomic mass is 9.77. The summed E-state index contributed by atoms with van der Waals surface area (Å²) in [5, 5.41) is 4.30. The van der Waals surface area contributed by atoms with Gasteiger partial charge in [0.2, 0.25) is 6.17 Å². The van der Waals surface area contributed by atoms with Crippen LogP contribution < -0.4 is 15.5 Å². The van der Waals surface area contributed by atoms with E-state index in [0.29, 0.717) is 23.0 Å². The first-order chi connectivity index (χ1) is 28.5. The molecular formula is C46H33ClF4N6O2. The molecule has 294 valence electrons. The van der Waals surface area contributed by atoms with Crippen molar-refractivity contribution in [3.05, 3.63) is 220 Å². The van der Waals surface area contributed by atoms with Crippen LogP contribution in [-0.4, -0.2) is 33.4 Å². The summed E-state index contributed by atoms with van der Waals surface area (Å²) in [6.45, 7) is -0.108. The number of urea groups is 1. The van der Waals surface area contributed by atoms with Gasteiger partial charge in [-0.05, 0) is 53.1 Å². The van der Waals surface area contributed by atoms with Crippen molar-refractivity contribution >= 4 is 40.6 Å². The molecule has 0 bridgehead atoms. The summed E-state index contributed by atoms with van der Waals surface area (Å²) in [7, 11) is 0. The topological polar surface area (TPSA) is 91.6 Å². The van der Waals surface area contributed by atoms with Crippen molar-refractivity contribution in [1.82, 2.24) is 14.9 Å². The average Bonchev–Trinajstić information content (AvgIpc) is 3.68. The van der Waals surface area contributed by atoms with Crippen LogP contribution in [0.3, 0.4) is 0 Å². The first-order valence-electron chi connectivity index (χ1n) is 18.4. The molecule has 0 saturated heterocycles. The van der Waals surface area contributed by atoms with Crippen LogP contribution in [0.4, 0.5) is 33.7 Å². The van der Waals surface area contributed by atoms with Crippen molar-refractivity contribution < 1.29 is 27.2 Å². The van der Waals surface area contributed by atoms with Gasteiger partial charge in [0.1, 0.15) is 11.4 Å². The largest absolute Gasteiger partial charge is 0.417 e. The van der Waals surface area contributed by atoms with Crippen LogP contribution in [0.25, 0.3) is 0 Å². The number of hydrogen-bond acceptors (Lipinski definition) is 4. The molecule has 2 heterocycles. The maximum atomic E-state index is 15.5. The van der Waals surface area contributed by atoms with Crippen LogP contribution in [0.5, 0.6) is 0 Å². The highest BCUT2D eigenvalue weighted by Gasteiger charge is 2.40. The van der Waals surface area contributed by atoms with E-state index in [1.165, 1.54) is 29.2 Å². The lowest BCUT2D eigenvalue weighted by Crippen LogP contribution is -2.48. The second kappa shape index (κ2) is 16.1. The van der Waals surface area contributed by atoms with Gasteiger partial charge in [-0.2, -0.15) is 13.2 Å². The van der Waals surface area contributed by atoms with E-state index in [1.807, 2.05) is 102 Å². The van der Waals surface area contributed by atoms with E-state index in [1.54, 1.807) is 36.7 Å². The van der Waals surface area contributed by atoms with Crippen LogP contribution in [-0.2, 0) is 23.1 Å². The molecule has 0 unspecified atom stereocenters. The number of alkyl halides is 3. The smallest absolute Gasteiger partial charge is 0.319 e. The lowest BCUT2D eigenvalue weighted by Gasteiger charge is -2.37. The van der Waals surface area contributed by atoms with Crippen molar-refractivity contribution in [2.75, 3.05) is 10.2 Å². The Morgan fingerprint density at radius 1 is 0.729 bits per heavy atom. The minimum atomic E-state index is -4.79. The first kappa shape index (κ1) is 38.8. The second-order valence-electron chi connectivity index (χ2n) is 13.7. The number of amides is 3. The number of nitrogens with one attached hydrogen (secondary N) is 2. The van der Waals surface area contributed by atoms with Gasteiger partial charge in [0, 0.05) is 23.0 Å². The summed E-state index contributed by atoms with van der Waals surface area (Å²) < 4.78 is 58.4. The molecule has 13 heteroatoms. The van der Waals surface area contributed by atoms with Crippen LogP contribution >= 0.6 is 11.6 Å². The molecular weight excluding hydrogens is 780 g/mol. The number of aliphatic imine (C=N–C) groups is 1. The maximum Gasteiger partial charge on any atom is 0.417 e. The van der Waals surface area contributed by atoms with Crippen molar-refractivity contribution in [2.24, 2.45) is 4.99 Å². The minimum absolute atomic E-state index is 0.0666. The normalized spacial score (nSPS) is 14.3. The van der Waals surface area contributed by atoms with Gasteiger partial charge >= 0.3 is 12.2 Å². The van der Waals surface area contributed by atoms with Gasteiger partial charge in [0.05, 0.1) is 40.6 Å². The fourth-order valence-corrected chi connectivity index (χ4v) is 7.67. The molecule has 1 atom stereocenters. The Labute approximate surface area is 341 Å². The van der Waals surface area contributed by atoms with Gasteiger partial charge in [-0.1, -0.05) is 133 Å². The predicted molar refractivity (Wildman–Crippen MR) is 219 cm³/mol. The molecule has 8 nitrogen and oxygen atoms in total. The number of fused-ring (bicyclic) bond motifs is 1. The lowest BCUT2D eigenvalue weighted by molar-refractivity contribution is -0.137. The van der Waals surface area contributed by atoms with E-state index in [-0.39, 0.29) is 23.5 Å². The first-order valence-corrected chi connectivity index (χ1v) is 18.8. The molecule has 1 aromatic heterocycles. The Hall–Kier alpha value is -7.05. The number of para-hydroxylation sites is 1. The molecule has 0 spiro atoms. The number of anilines is 2. The van der Waals surface area contributed by atoms with Crippen molar-refractivity contribution in [2.45, 2.75) is 24.4 Å². The summed E-state index contributed by atoms with van der Waals surface area (Å²) in [5.41, 5.74) is 1.97. The third-order valence-corrected chi connectivity index (χ3v) is 10.4. The molecule has 1 aliphatic rings. The number of hydrogen-bond donors (Lipinski definition) is 2. The Kier molecular flexibility index (Phi) is 10.6. The molecule has 7 aromatic rings. The quantitative estimate of drug-likeness (QED) is 0.112. The number of imidazole rings is 1. The van der Waals surface area contributed by atoms with Crippen molar-refractivity contribution in [1.29, 1.82) is 0 Å². The number of carbonyl (C=O) groups excluding carboxylic acids is 2. The van der Waals surface area contributed by atoms with Gasteiger partial charge in [-0.3, -0.25) is 4.79 Å². The van der Waals surface area contributed by atoms with Gasteiger partial charge in [0.25, 0.3) is 5.91 Å². The Bertz CT molecular complexity index is 2580. The molecule has 3 amide bonds. The Morgan fingerprint density at radius 2 is 1.29 bits per heavy atom. The number of carbonyl (C=O) groups is 2. The number of benzene rings is 6. The summed E-state index contributed by atoms with van der Waals surface area (Å²) >= 11 is 5.79. The minimum Gasteiger partial charge on any atom is -0.319 e.